The van der Waals surface area contributed by atoms with Crippen LogP contribution in [-0.4, -0.2) is 11.2 Å². The second-order valence-electron chi connectivity index (χ2n) is 9.04. The van der Waals surface area contributed by atoms with Gasteiger partial charge >= 0.3 is 0 Å². The van der Waals surface area contributed by atoms with Crippen molar-refractivity contribution in [1.29, 1.82) is 0 Å². The van der Waals surface area contributed by atoms with E-state index in [0.29, 0.717) is 5.41 Å². The topological polar surface area (TPSA) is 20.2 Å². The summed E-state index contributed by atoms with van der Waals surface area (Å²) in [4.78, 5) is 0. The van der Waals surface area contributed by atoms with Crippen LogP contribution in [0.1, 0.15) is 78.1 Å². The number of aliphatic hydroxyl groups is 1. The quantitative estimate of drug-likeness (QED) is 0.675. The maximum absolute atomic E-state index is 10.5. The van der Waals surface area contributed by atoms with E-state index >= 15 is 0 Å². The van der Waals surface area contributed by atoms with E-state index in [1.165, 1.54) is 57.8 Å². The fourth-order valence-corrected chi connectivity index (χ4v) is 7.27. The van der Waals surface area contributed by atoms with E-state index in [2.05, 4.69) is 13.8 Å². The number of hydrogen-bond donors (Lipinski definition) is 1. The van der Waals surface area contributed by atoms with Gasteiger partial charge < -0.3 is 5.11 Å². The van der Waals surface area contributed by atoms with Crippen LogP contribution in [0.3, 0.4) is 0 Å². The number of rotatable bonds is 0. The molecule has 4 aliphatic rings. The highest BCUT2D eigenvalue weighted by Gasteiger charge is 2.59. The van der Waals surface area contributed by atoms with Gasteiger partial charge in [-0.15, -0.1) is 0 Å². The molecule has 1 nitrogen and oxygen atoms in total. The zero-order valence-electron chi connectivity index (χ0n) is 13.4. The molecule has 0 spiro atoms. The molecular formula is C19H32O. The van der Waals surface area contributed by atoms with Crippen LogP contribution in [0, 0.1) is 34.5 Å². The van der Waals surface area contributed by atoms with E-state index in [-0.39, 0.29) is 11.5 Å². The van der Waals surface area contributed by atoms with E-state index < -0.39 is 0 Å². The third-order valence-corrected chi connectivity index (χ3v) is 8.53. The molecule has 4 saturated carbocycles. The summed E-state index contributed by atoms with van der Waals surface area (Å²) in [5.41, 5.74) is 0.912. The Morgan fingerprint density at radius 2 is 1.55 bits per heavy atom. The lowest BCUT2D eigenvalue weighted by atomic mass is 9.45. The molecule has 4 rings (SSSR count). The van der Waals surface area contributed by atoms with Gasteiger partial charge in [-0.3, -0.25) is 0 Å². The second kappa shape index (κ2) is 4.48. The highest BCUT2D eigenvalue weighted by Crippen LogP contribution is 2.66. The average Bonchev–Trinajstić information content (AvgIpc) is 2.74. The number of aliphatic hydroxyl groups excluding tert-OH is 1. The van der Waals surface area contributed by atoms with E-state index in [4.69, 9.17) is 0 Å². The number of hydrogen-bond acceptors (Lipinski definition) is 1. The Bertz CT molecular complexity index is 391. The van der Waals surface area contributed by atoms with Crippen molar-refractivity contribution in [2.45, 2.75) is 84.2 Å². The Balaban J connectivity index is 1.64. The molecule has 0 aromatic heterocycles. The van der Waals surface area contributed by atoms with E-state index in [1.807, 2.05) is 0 Å². The summed E-state index contributed by atoms with van der Waals surface area (Å²) >= 11 is 0. The second-order valence-corrected chi connectivity index (χ2v) is 9.04. The van der Waals surface area contributed by atoms with Gasteiger partial charge in [-0.1, -0.05) is 26.7 Å². The van der Waals surface area contributed by atoms with Crippen molar-refractivity contribution in [3.8, 4) is 0 Å². The predicted octanol–water partition coefficient (Wildman–Crippen LogP) is 4.78. The van der Waals surface area contributed by atoms with Crippen molar-refractivity contribution in [1.82, 2.24) is 0 Å². The first kappa shape index (κ1) is 13.6. The van der Waals surface area contributed by atoms with Gasteiger partial charge in [0.15, 0.2) is 0 Å². The van der Waals surface area contributed by atoms with Gasteiger partial charge in [0.2, 0.25) is 0 Å². The van der Waals surface area contributed by atoms with Crippen LogP contribution in [-0.2, 0) is 0 Å². The van der Waals surface area contributed by atoms with Crippen LogP contribution >= 0.6 is 0 Å². The van der Waals surface area contributed by atoms with Gasteiger partial charge in [-0.25, -0.2) is 0 Å². The van der Waals surface area contributed by atoms with E-state index in [0.717, 1.165) is 30.1 Å². The monoisotopic (exact) mass is 276 g/mol. The first-order valence-electron chi connectivity index (χ1n) is 9.24. The minimum Gasteiger partial charge on any atom is -0.393 e. The normalized spacial score (nSPS) is 58.6. The summed E-state index contributed by atoms with van der Waals surface area (Å²) < 4.78 is 0. The molecule has 4 aliphatic carbocycles. The summed E-state index contributed by atoms with van der Waals surface area (Å²) in [5, 5.41) is 10.5. The lowest BCUT2D eigenvalue weighted by molar-refractivity contribution is -0.120. The summed E-state index contributed by atoms with van der Waals surface area (Å²) in [6.45, 7) is 5.04. The highest BCUT2D eigenvalue weighted by atomic mass is 16.3. The summed E-state index contributed by atoms with van der Waals surface area (Å²) in [6.07, 6.45) is 14.0. The zero-order valence-corrected chi connectivity index (χ0v) is 13.4. The molecule has 7 atom stereocenters. The van der Waals surface area contributed by atoms with E-state index in [1.54, 1.807) is 0 Å². The first-order chi connectivity index (χ1) is 9.56. The van der Waals surface area contributed by atoms with Gasteiger partial charge in [0.1, 0.15) is 0 Å². The molecule has 1 heteroatoms. The van der Waals surface area contributed by atoms with Gasteiger partial charge in [-0.05, 0) is 85.9 Å². The Kier molecular flexibility index (Phi) is 3.05. The third kappa shape index (κ3) is 1.65. The molecule has 0 bridgehead atoms. The first-order valence-corrected chi connectivity index (χ1v) is 9.24. The molecule has 0 aromatic rings. The zero-order chi connectivity index (χ0) is 14.0. The molecule has 0 saturated heterocycles. The maximum atomic E-state index is 10.5. The van der Waals surface area contributed by atoms with Gasteiger partial charge in [0.25, 0.3) is 0 Å². The summed E-state index contributed by atoms with van der Waals surface area (Å²) in [5.74, 6) is 3.76. The largest absolute Gasteiger partial charge is 0.393 e. The van der Waals surface area contributed by atoms with Crippen LogP contribution in [0.4, 0.5) is 0 Å². The molecule has 0 radical (unpaired) electrons. The Labute approximate surface area is 124 Å². The van der Waals surface area contributed by atoms with Gasteiger partial charge in [0.05, 0.1) is 6.10 Å². The van der Waals surface area contributed by atoms with Crippen LogP contribution < -0.4 is 0 Å². The molecule has 0 heterocycles. The molecular weight excluding hydrogens is 244 g/mol. The lowest BCUT2D eigenvalue weighted by Crippen LogP contribution is -2.53. The minimum absolute atomic E-state index is 0.00895. The standard InChI is InChI=1S/C19H32O/c1-18-11-4-3-5-13(18)6-7-14-15-8-9-17(20)19(15,2)12-10-16(14)18/h13-17,20H,3-12H2,1-2H3/t13-,14?,15?,16?,17-,18?,19?/m1/s1. The lowest BCUT2D eigenvalue weighted by Gasteiger charge is -2.60. The van der Waals surface area contributed by atoms with Crippen LogP contribution in [0.15, 0.2) is 0 Å². The molecule has 20 heavy (non-hydrogen) atoms. The number of fused-ring (bicyclic) bond motifs is 5. The van der Waals surface area contributed by atoms with Gasteiger partial charge in [-0.2, -0.15) is 0 Å². The predicted molar refractivity (Wildman–Crippen MR) is 82.4 cm³/mol. The van der Waals surface area contributed by atoms with Crippen molar-refractivity contribution in [2.75, 3.05) is 0 Å². The van der Waals surface area contributed by atoms with Crippen LogP contribution in [0.5, 0.6) is 0 Å². The molecule has 114 valence electrons. The fourth-order valence-electron chi connectivity index (χ4n) is 7.27. The smallest absolute Gasteiger partial charge is 0.0596 e. The molecule has 5 unspecified atom stereocenters. The third-order valence-electron chi connectivity index (χ3n) is 8.53. The van der Waals surface area contributed by atoms with Crippen LogP contribution in [0.25, 0.3) is 0 Å². The summed E-state index contributed by atoms with van der Waals surface area (Å²) in [7, 11) is 0. The van der Waals surface area contributed by atoms with Crippen molar-refractivity contribution < 1.29 is 5.11 Å². The molecule has 0 aliphatic heterocycles. The molecule has 0 aromatic carbocycles. The SMILES string of the molecule is CC12CCCC[C@@H]1CCC1C2CCC2(C)C1CC[C@H]2O. The fraction of sp³-hybridized carbons (Fsp3) is 1.00. The van der Waals surface area contributed by atoms with Crippen molar-refractivity contribution in [2.24, 2.45) is 34.5 Å². The van der Waals surface area contributed by atoms with Crippen molar-refractivity contribution >= 4 is 0 Å². The Morgan fingerprint density at radius 3 is 2.40 bits per heavy atom. The Hall–Kier alpha value is -0.0400. The van der Waals surface area contributed by atoms with E-state index in [9.17, 15) is 5.11 Å². The molecule has 1 N–H and O–H groups in total. The van der Waals surface area contributed by atoms with Crippen molar-refractivity contribution in [3.63, 3.8) is 0 Å². The average molecular weight is 276 g/mol. The summed E-state index contributed by atoms with van der Waals surface area (Å²) in [6, 6.07) is 0. The maximum Gasteiger partial charge on any atom is 0.0596 e. The van der Waals surface area contributed by atoms with Gasteiger partial charge in [0, 0.05) is 0 Å². The van der Waals surface area contributed by atoms with Crippen LogP contribution in [0.2, 0.25) is 0 Å². The molecule has 0 amide bonds. The van der Waals surface area contributed by atoms with Crippen molar-refractivity contribution in [3.05, 3.63) is 0 Å². The minimum atomic E-state index is -0.00895. The molecule has 4 fully saturated rings. The Morgan fingerprint density at radius 1 is 0.750 bits per heavy atom. The highest BCUT2D eigenvalue weighted by molar-refractivity contribution is 5.08.